The number of rotatable bonds is 6. The largest absolute Gasteiger partial charge is 0.309 e. The highest BCUT2D eigenvalue weighted by Crippen LogP contribution is 2.50. The van der Waals surface area contributed by atoms with E-state index in [2.05, 4.69) is 220 Å². The maximum atomic E-state index is 4.24. The highest BCUT2D eigenvalue weighted by atomic mass is 79.9. The normalized spacial score (nSPS) is 12.0. The Morgan fingerprint density at radius 1 is 0.420 bits per heavy atom. The standard InChI is InChI=1S/C47H45BrN2/c1-32-30-43(49(37-26-22-35(23-27-37)46(2,3)4)38-28-24-36(25-29-38)47(5,6)7)45(48)44(31-32)50(41-20-12-16-33-14-8-10-18-39(33)41)42-21-13-17-34-15-9-11-19-40(34)42/h8-31H,1-7H3. The molecule has 0 saturated heterocycles. The molecule has 0 aliphatic carbocycles. The fourth-order valence-corrected chi connectivity index (χ4v) is 7.48. The van der Waals surface area contributed by atoms with Crippen molar-refractivity contribution in [1.82, 2.24) is 0 Å². The molecule has 7 aromatic carbocycles. The van der Waals surface area contributed by atoms with E-state index in [1.807, 2.05) is 0 Å². The summed E-state index contributed by atoms with van der Waals surface area (Å²) in [6, 6.07) is 53.3. The lowest BCUT2D eigenvalue weighted by Crippen LogP contribution is -2.17. The van der Waals surface area contributed by atoms with Crippen molar-refractivity contribution in [2.45, 2.75) is 59.3 Å². The Bertz CT molecular complexity index is 2160. The van der Waals surface area contributed by atoms with E-state index < -0.39 is 0 Å². The van der Waals surface area contributed by atoms with Crippen molar-refractivity contribution in [3.8, 4) is 0 Å². The number of aryl methyl sites for hydroxylation is 1. The lowest BCUT2D eigenvalue weighted by molar-refractivity contribution is 0.590. The van der Waals surface area contributed by atoms with Gasteiger partial charge in [-0.1, -0.05) is 139 Å². The summed E-state index contributed by atoms with van der Waals surface area (Å²) in [5.74, 6) is 0. The number of fused-ring (bicyclic) bond motifs is 2. The zero-order chi connectivity index (χ0) is 35.2. The van der Waals surface area contributed by atoms with Gasteiger partial charge < -0.3 is 9.80 Å². The molecule has 50 heavy (non-hydrogen) atoms. The van der Waals surface area contributed by atoms with Gasteiger partial charge in [-0.05, 0) is 110 Å². The Kier molecular flexibility index (Phi) is 8.82. The van der Waals surface area contributed by atoms with Crippen molar-refractivity contribution in [2.75, 3.05) is 9.80 Å². The van der Waals surface area contributed by atoms with Gasteiger partial charge in [-0.15, -0.1) is 0 Å². The molecule has 0 aliphatic heterocycles. The third-order valence-corrected chi connectivity index (χ3v) is 10.5. The Balaban J connectivity index is 1.50. The van der Waals surface area contributed by atoms with Crippen molar-refractivity contribution in [3.05, 3.63) is 167 Å². The molecule has 3 heteroatoms. The molecule has 0 heterocycles. The first-order valence-corrected chi connectivity index (χ1v) is 18.3. The molecule has 0 radical (unpaired) electrons. The van der Waals surface area contributed by atoms with Gasteiger partial charge in [0.2, 0.25) is 0 Å². The Morgan fingerprint density at radius 3 is 1.22 bits per heavy atom. The van der Waals surface area contributed by atoms with Gasteiger partial charge in [0, 0.05) is 22.1 Å². The van der Waals surface area contributed by atoms with Crippen LogP contribution in [0.1, 0.15) is 58.2 Å². The average Bonchev–Trinajstić information content (AvgIpc) is 3.10. The summed E-state index contributed by atoms with van der Waals surface area (Å²) in [5.41, 5.74) is 10.6. The van der Waals surface area contributed by atoms with Crippen LogP contribution in [-0.4, -0.2) is 0 Å². The fraction of sp³-hybridized carbons (Fsp3) is 0.191. The summed E-state index contributed by atoms with van der Waals surface area (Å²) in [4.78, 5) is 4.83. The molecule has 0 bridgehead atoms. The summed E-state index contributed by atoms with van der Waals surface area (Å²) >= 11 is 4.24. The zero-order valence-electron chi connectivity index (χ0n) is 30.1. The molecule has 0 spiro atoms. The van der Waals surface area contributed by atoms with Crippen molar-refractivity contribution in [2.24, 2.45) is 0 Å². The van der Waals surface area contributed by atoms with E-state index in [0.717, 1.165) is 38.6 Å². The van der Waals surface area contributed by atoms with Gasteiger partial charge in [0.25, 0.3) is 0 Å². The van der Waals surface area contributed by atoms with Gasteiger partial charge in [0.05, 0.1) is 27.2 Å². The van der Waals surface area contributed by atoms with E-state index in [4.69, 9.17) is 0 Å². The molecule has 0 amide bonds. The third-order valence-electron chi connectivity index (χ3n) is 9.66. The van der Waals surface area contributed by atoms with Crippen LogP contribution in [-0.2, 0) is 10.8 Å². The quantitative estimate of drug-likeness (QED) is 0.169. The van der Waals surface area contributed by atoms with Crippen LogP contribution in [0.15, 0.2) is 150 Å². The molecule has 0 N–H and O–H groups in total. The molecule has 0 atom stereocenters. The fourth-order valence-electron chi connectivity index (χ4n) is 6.90. The van der Waals surface area contributed by atoms with E-state index in [1.54, 1.807) is 0 Å². The van der Waals surface area contributed by atoms with Crippen LogP contribution in [0.5, 0.6) is 0 Å². The van der Waals surface area contributed by atoms with E-state index in [-0.39, 0.29) is 10.8 Å². The van der Waals surface area contributed by atoms with Crippen molar-refractivity contribution < 1.29 is 0 Å². The Hall–Kier alpha value is -4.86. The summed E-state index contributed by atoms with van der Waals surface area (Å²) in [7, 11) is 0. The molecule has 0 aromatic heterocycles. The van der Waals surface area contributed by atoms with Crippen LogP contribution in [0.2, 0.25) is 0 Å². The molecule has 0 fully saturated rings. The second-order valence-corrected chi connectivity index (χ2v) is 16.2. The number of nitrogens with zero attached hydrogens (tertiary/aromatic N) is 2. The zero-order valence-corrected chi connectivity index (χ0v) is 31.7. The maximum Gasteiger partial charge on any atom is 0.0657 e. The number of hydrogen-bond acceptors (Lipinski definition) is 2. The molecule has 0 saturated carbocycles. The highest BCUT2D eigenvalue weighted by Gasteiger charge is 2.25. The highest BCUT2D eigenvalue weighted by molar-refractivity contribution is 9.10. The first-order valence-electron chi connectivity index (χ1n) is 17.5. The van der Waals surface area contributed by atoms with Gasteiger partial charge >= 0.3 is 0 Å². The first kappa shape index (κ1) is 33.6. The first-order chi connectivity index (χ1) is 23.9. The van der Waals surface area contributed by atoms with Crippen LogP contribution < -0.4 is 9.80 Å². The SMILES string of the molecule is Cc1cc(N(c2ccc(C(C)(C)C)cc2)c2ccc(C(C)(C)C)cc2)c(Br)c(N(c2cccc3ccccc23)c2cccc3ccccc23)c1. The van der Waals surface area contributed by atoms with Crippen LogP contribution in [0.25, 0.3) is 21.5 Å². The molecule has 250 valence electrons. The van der Waals surface area contributed by atoms with E-state index in [9.17, 15) is 0 Å². The van der Waals surface area contributed by atoms with Gasteiger partial charge in [-0.25, -0.2) is 0 Å². The monoisotopic (exact) mass is 716 g/mol. The second kappa shape index (κ2) is 13.1. The average molecular weight is 718 g/mol. The number of halogens is 1. The maximum absolute atomic E-state index is 4.24. The van der Waals surface area contributed by atoms with Crippen LogP contribution in [0.3, 0.4) is 0 Å². The molecule has 0 aliphatic rings. The molecule has 2 nitrogen and oxygen atoms in total. The molecule has 7 rings (SSSR count). The summed E-state index contributed by atoms with van der Waals surface area (Å²) in [6.07, 6.45) is 0. The third kappa shape index (κ3) is 6.43. The van der Waals surface area contributed by atoms with Crippen LogP contribution in [0, 0.1) is 6.92 Å². The van der Waals surface area contributed by atoms with Crippen molar-refractivity contribution in [1.29, 1.82) is 0 Å². The van der Waals surface area contributed by atoms with Crippen LogP contribution >= 0.6 is 15.9 Å². The second-order valence-electron chi connectivity index (χ2n) is 15.4. The molecule has 7 aromatic rings. The number of hydrogen-bond donors (Lipinski definition) is 0. The topological polar surface area (TPSA) is 6.48 Å². The van der Waals surface area contributed by atoms with Gasteiger partial charge in [0.15, 0.2) is 0 Å². The van der Waals surface area contributed by atoms with Gasteiger partial charge in [0.1, 0.15) is 0 Å². The lowest BCUT2D eigenvalue weighted by atomic mass is 9.86. The summed E-state index contributed by atoms with van der Waals surface area (Å²) in [6.45, 7) is 15.8. The summed E-state index contributed by atoms with van der Waals surface area (Å²) in [5, 5.41) is 4.81. The van der Waals surface area contributed by atoms with Gasteiger partial charge in [-0.2, -0.15) is 0 Å². The van der Waals surface area contributed by atoms with Crippen molar-refractivity contribution in [3.63, 3.8) is 0 Å². The van der Waals surface area contributed by atoms with Crippen molar-refractivity contribution >= 4 is 71.6 Å². The van der Waals surface area contributed by atoms with E-state index in [1.165, 1.54) is 38.2 Å². The van der Waals surface area contributed by atoms with E-state index >= 15 is 0 Å². The molecular formula is C47H45BrN2. The Labute approximate surface area is 306 Å². The minimum absolute atomic E-state index is 0.0617. The van der Waals surface area contributed by atoms with E-state index in [0.29, 0.717) is 0 Å². The minimum atomic E-state index is 0.0617. The molecular weight excluding hydrogens is 672 g/mol. The minimum Gasteiger partial charge on any atom is -0.309 e. The lowest BCUT2D eigenvalue weighted by Gasteiger charge is -2.33. The number of anilines is 6. The smallest absolute Gasteiger partial charge is 0.0657 e. The van der Waals surface area contributed by atoms with Crippen LogP contribution in [0.4, 0.5) is 34.1 Å². The Morgan fingerprint density at radius 2 is 0.800 bits per heavy atom. The summed E-state index contributed by atoms with van der Waals surface area (Å²) < 4.78 is 1.02. The predicted octanol–water partition coefficient (Wildman–Crippen LogP) is 14.6. The number of benzene rings is 7. The molecule has 0 unspecified atom stereocenters. The van der Waals surface area contributed by atoms with Gasteiger partial charge in [-0.3, -0.25) is 0 Å². The predicted molar refractivity (Wildman–Crippen MR) is 221 cm³/mol.